The second kappa shape index (κ2) is 5.71. The predicted molar refractivity (Wildman–Crippen MR) is 64.5 cm³/mol. The summed E-state index contributed by atoms with van der Waals surface area (Å²) in [6.07, 6.45) is -4.47. The van der Waals surface area contributed by atoms with E-state index < -0.39 is 30.0 Å². The van der Waals surface area contributed by atoms with E-state index in [1.807, 2.05) is 5.32 Å². The quantitative estimate of drug-likeness (QED) is 0.837. The summed E-state index contributed by atoms with van der Waals surface area (Å²) in [5.74, 6) is -1.96. The summed E-state index contributed by atoms with van der Waals surface area (Å²) in [6.45, 7) is 0. The lowest BCUT2D eigenvalue weighted by atomic mass is 10.1. The van der Waals surface area contributed by atoms with Crippen LogP contribution in [0.1, 0.15) is 24.4 Å². The minimum atomic E-state index is -4.73. The van der Waals surface area contributed by atoms with Crippen LogP contribution in [0, 0.1) is 5.82 Å². The van der Waals surface area contributed by atoms with E-state index in [1.54, 1.807) is 0 Å². The topological polar surface area (TPSA) is 58.2 Å². The van der Waals surface area contributed by atoms with Crippen LogP contribution in [0.3, 0.4) is 0 Å². The van der Waals surface area contributed by atoms with Crippen LogP contribution >= 0.6 is 0 Å². The predicted octanol–water partition coefficient (Wildman–Crippen LogP) is 1.82. The van der Waals surface area contributed by atoms with Crippen molar-refractivity contribution in [2.75, 3.05) is 0 Å². The number of alkyl halides is 3. The number of hydrogen-bond donors (Lipinski definition) is 2. The molecule has 21 heavy (non-hydrogen) atoms. The van der Waals surface area contributed by atoms with Crippen molar-refractivity contribution in [3.05, 3.63) is 35.6 Å². The van der Waals surface area contributed by atoms with Gasteiger partial charge in [-0.3, -0.25) is 9.59 Å². The van der Waals surface area contributed by atoms with Crippen LogP contribution in [-0.2, 0) is 9.59 Å². The molecule has 0 radical (unpaired) electrons. The fraction of sp³-hybridized carbons (Fsp3) is 0.385. The SMILES string of the molecule is O=C1CC[C@@H](C(=O)N[C@H](c2ccc(F)cc2)C(F)(F)F)N1. The summed E-state index contributed by atoms with van der Waals surface area (Å²) in [5, 5.41) is 4.15. The average Bonchev–Trinajstić information content (AvgIpc) is 2.82. The minimum absolute atomic E-state index is 0.102. The van der Waals surface area contributed by atoms with E-state index in [0.29, 0.717) is 0 Å². The van der Waals surface area contributed by atoms with Crippen molar-refractivity contribution < 1.29 is 27.2 Å². The Morgan fingerprint density at radius 3 is 2.38 bits per heavy atom. The monoisotopic (exact) mass is 304 g/mol. The molecule has 1 aliphatic heterocycles. The third-order valence-corrected chi connectivity index (χ3v) is 3.13. The van der Waals surface area contributed by atoms with E-state index in [9.17, 15) is 27.2 Å². The Labute approximate surface area is 117 Å². The van der Waals surface area contributed by atoms with E-state index in [2.05, 4.69) is 5.32 Å². The van der Waals surface area contributed by atoms with E-state index >= 15 is 0 Å². The third-order valence-electron chi connectivity index (χ3n) is 3.13. The van der Waals surface area contributed by atoms with Crippen LogP contribution in [0.25, 0.3) is 0 Å². The lowest BCUT2D eigenvalue weighted by molar-refractivity contribution is -0.164. The van der Waals surface area contributed by atoms with E-state index in [1.165, 1.54) is 0 Å². The molecule has 2 atom stereocenters. The molecule has 0 aromatic heterocycles. The second-order valence-corrected chi connectivity index (χ2v) is 4.69. The highest BCUT2D eigenvalue weighted by Gasteiger charge is 2.43. The zero-order valence-corrected chi connectivity index (χ0v) is 10.7. The van der Waals surface area contributed by atoms with Gasteiger partial charge in [-0.2, -0.15) is 13.2 Å². The smallest absolute Gasteiger partial charge is 0.344 e. The van der Waals surface area contributed by atoms with E-state index in [4.69, 9.17) is 0 Å². The zero-order valence-electron chi connectivity index (χ0n) is 10.7. The van der Waals surface area contributed by atoms with Gasteiger partial charge in [0.05, 0.1) is 0 Å². The Morgan fingerprint density at radius 1 is 1.29 bits per heavy atom. The molecule has 0 spiro atoms. The summed E-state index contributed by atoms with van der Waals surface area (Å²) < 4.78 is 51.9. The highest BCUT2D eigenvalue weighted by molar-refractivity contribution is 5.91. The molecule has 0 unspecified atom stereocenters. The van der Waals surface area contributed by atoms with Gasteiger partial charge in [0.2, 0.25) is 11.8 Å². The Bertz CT molecular complexity index is 542. The summed E-state index contributed by atoms with van der Waals surface area (Å²) in [4.78, 5) is 22.8. The first-order valence-corrected chi connectivity index (χ1v) is 6.19. The Balaban J connectivity index is 2.15. The van der Waals surface area contributed by atoms with Gasteiger partial charge in [-0.25, -0.2) is 4.39 Å². The number of halogens is 4. The first kappa shape index (κ1) is 15.3. The summed E-state index contributed by atoms with van der Waals surface area (Å²) in [5.41, 5.74) is -0.276. The summed E-state index contributed by atoms with van der Waals surface area (Å²) >= 11 is 0. The fourth-order valence-corrected chi connectivity index (χ4v) is 2.06. The van der Waals surface area contributed by atoms with Crippen LogP contribution in [0.5, 0.6) is 0 Å². The molecule has 2 rings (SSSR count). The van der Waals surface area contributed by atoms with Crippen molar-refractivity contribution in [1.82, 2.24) is 10.6 Å². The molecule has 8 heteroatoms. The molecule has 1 aromatic rings. The van der Waals surface area contributed by atoms with Crippen molar-refractivity contribution in [3.63, 3.8) is 0 Å². The largest absolute Gasteiger partial charge is 0.412 e. The van der Waals surface area contributed by atoms with Crippen molar-refractivity contribution >= 4 is 11.8 Å². The van der Waals surface area contributed by atoms with Crippen LogP contribution in [0.15, 0.2) is 24.3 Å². The second-order valence-electron chi connectivity index (χ2n) is 4.69. The molecule has 0 bridgehead atoms. The van der Waals surface area contributed by atoms with Gasteiger partial charge in [0.1, 0.15) is 11.9 Å². The molecule has 0 saturated carbocycles. The lowest BCUT2D eigenvalue weighted by Crippen LogP contribution is -2.46. The average molecular weight is 304 g/mol. The number of carbonyl (C=O) groups excluding carboxylic acids is 2. The lowest BCUT2D eigenvalue weighted by Gasteiger charge is -2.23. The van der Waals surface area contributed by atoms with Crippen molar-refractivity contribution in [2.24, 2.45) is 0 Å². The molecule has 1 heterocycles. The normalized spacial score (nSPS) is 20.0. The Morgan fingerprint density at radius 2 is 1.90 bits per heavy atom. The zero-order chi connectivity index (χ0) is 15.6. The number of nitrogens with one attached hydrogen (secondary N) is 2. The maximum Gasteiger partial charge on any atom is 0.412 e. The van der Waals surface area contributed by atoms with Crippen LogP contribution in [0.4, 0.5) is 17.6 Å². The van der Waals surface area contributed by atoms with Gasteiger partial charge < -0.3 is 10.6 Å². The maximum atomic E-state index is 13.0. The molecule has 2 N–H and O–H groups in total. The van der Waals surface area contributed by atoms with Gasteiger partial charge in [-0.05, 0) is 24.1 Å². The van der Waals surface area contributed by atoms with Gasteiger partial charge in [0.25, 0.3) is 0 Å². The van der Waals surface area contributed by atoms with Crippen molar-refractivity contribution in [3.8, 4) is 0 Å². The summed E-state index contributed by atoms with van der Waals surface area (Å²) in [6, 6.07) is 0.475. The highest BCUT2D eigenvalue weighted by Crippen LogP contribution is 2.33. The molecule has 114 valence electrons. The first-order chi connectivity index (χ1) is 9.77. The number of benzene rings is 1. The van der Waals surface area contributed by atoms with Gasteiger partial charge in [0, 0.05) is 6.42 Å². The number of carbonyl (C=O) groups is 2. The van der Waals surface area contributed by atoms with Crippen LogP contribution in [-0.4, -0.2) is 24.0 Å². The molecule has 1 aliphatic rings. The molecule has 1 aromatic carbocycles. The third kappa shape index (κ3) is 3.71. The molecule has 0 aliphatic carbocycles. The van der Waals surface area contributed by atoms with Gasteiger partial charge in [0.15, 0.2) is 6.04 Å². The minimum Gasteiger partial charge on any atom is -0.344 e. The number of rotatable bonds is 3. The fourth-order valence-electron chi connectivity index (χ4n) is 2.06. The van der Waals surface area contributed by atoms with E-state index in [-0.39, 0.29) is 24.3 Å². The van der Waals surface area contributed by atoms with Crippen molar-refractivity contribution in [1.29, 1.82) is 0 Å². The number of hydrogen-bond acceptors (Lipinski definition) is 2. The Hall–Kier alpha value is -2.12. The van der Waals surface area contributed by atoms with Crippen molar-refractivity contribution in [2.45, 2.75) is 31.1 Å². The maximum absolute atomic E-state index is 13.0. The highest BCUT2D eigenvalue weighted by atomic mass is 19.4. The van der Waals surface area contributed by atoms with E-state index in [0.717, 1.165) is 24.3 Å². The standard InChI is InChI=1S/C13H12F4N2O2/c14-8-3-1-7(2-4-8)11(13(15,16)17)19-12(21)9-5-6-10(20)18-9/h1-4,9,11H,5-6H2,(H,18,20)(H,19,21)/t9-,11+/m0/s1. The Kier molecular flexibility index (Phi) is 4.15. The number of amides is 2. The molecular weight excluding hydrogens is 292 g/mol. The molecule has 4 nitrogen and oxygen atoms in total. The van der Waals surface area contributed by atoms with Gasteiger partial charge in [-0.1, -0.05) is 12.1 Å². The van der Waals surface area contributed by atoms with Crippen LogP contribution in [0.2, 0.25) is 0 Å². The van der Waals surface area contributed by atoms with Gasteiger partial charge in [-0.15, -0.1) is 0 Å². The molecular formula is C13H12F4N2O2. The van der Waals surface area contributed by atoms with Crippen LogP contribution < -0.4 is 10.6 Å². The van der Waals surface area contributed by atoms with Gasteiger partial charge >= 0.3 is 6.18 Å². The summed E-state index contributed by atoms with van der Waals surface area (Å²) in [7, 11) is 0. The molecule has 1 saturated heterocycles. The molecule has 1 fully saturated rings. The molecule has 2 amide bonds. The first-order valence-electron chi connectivity index (χ1n) is 6.19.